The minimum absolute atomic E-state index is 0.0494. The van der Waals surface area contributed by atoms with Crippen molar-refractivity contribution in [1.82, 2.24) is 20.1 Å². The molecular formula is C17H27N5S. The molecule has 0 aliphatic heterocycles. The van der Waals surface area contributed by atoms with Crippen molar-refractivity contribution in [2.24, 2.45) is 0 Å². The van der Waals surface area contributed by atoms with Crippen molar-refractivity contribution in [3.63, 3.8) is 0 Å². The topological polar surface area (TPSA) is 46.0 Å². The van der Waals surface area contributed by atoms with Gasteiger partial charge in [-0.3, -0.25) is 4.68 Å². The van der Waals surface area contributed by atoms with Crippen molar-refractivity contribution in [2.45, 2.75) is 58.2 Å². The second-order valence-corrected chi connectivity index (χ2v) is 8.55. The highest BCUT2D eigenvalue weighted by atomic mass is 32.1. The number of rotatable bonds is 4. The maximum absolute atomic E-state index is 4.66. The molecule has 2 aromatic heterocycles. The molecule has 1 atom stereocenters. The summed E-state index contributed by atoms with van der Waals surface area (Å²) in [6.45, 7) is 7.53. The summed E-state index contributed by atoms with van der Waals surface area (Å²) >= 11 is 1.75. The van der Waals surface area contributed by atoms with Crippen LogP contribution in [0.1, 0.15) is 55.8 Å². The molecule has 1 aliphatic rings. The summed E-state index contributed by atoms with van der Waals surface area (Å²) in [5, 5.41) is 9.43. The number of hydrogen-bond donors (Lipinski definition) is 1. The van der Waals surface area contributed by atoms with E-state index >= 15 is 0 Å². The Balaban J connectivity index is 1.72. The lowest BCUT2D eigenvalue weighted by Gasteiger charge is -2.28. The van der Waals surface area contributed by atoms with Crippen LogP contribution in [0.5, 0.6) is 0 Å². The molecule has 3 rings (SSSR count). The number of fused-ring (bicyclic) bond motifs is 1. The maximum atomic E-state index is 4.66. The average molecular weight is 334 g/mol. The third kappa shape index (κ3) is 3.43. The van der Waals surface area contributed by atoms with E-state index in [0.29, 0.717) is 6.04 Å². The molecule has 1 N–H and O–H groups in total. The highest BCUT2D eigenvalue weighted by molar-refractivity contribution is 7.15. The fraction of sp³-hybridized carbons (Fsp3) is 0.647. The van der Waals surface area contributed by atoms with Gasteiger partial charge in [0.05, 0.1) is 11.7 Å². The molecule has 0 bridgehead atoms. The lowest BCUT2D eigenvalue weighted by molar-refractivity contribution is 0.334. The Bertz CT molecular complexity index is 665. The van der Waals surface area contributed by atoms with Gasteiger partial charge in [-0.05, 0) is 40.0 Å². The number of thiazole rings is 1. The van der Waals surface area contributed by atoms with Crippen LogP contribution in [-0.4, -0.2) is 28.9 Å². The first-order chi connectivity index (χ1) is 10.9. The van der Waals surface area contributed by atoms with Gasteiger partial charge in [0.15, 0.2) is 5.13 Å². The second-order valence-electron chi connectivity index (χ2n) is 7.46. The minimum atomic E-state index is 0.0494. The van der Waals surface area contributed by atoms with E-state index in [4.69, 9.17) is 0 Å². The molecule has 5 nitrogen and oxygen atoms in total. The van der Waals surface area contributed by atoms with Crippen LogP contribution in [0.3, 0.4) is 0 Å². The second kappa shape index (κ2) is 6.24. The molecule has 0 spiro atoms. The van der Waals surface area contributed by atoms with Gasteiger partial charge in [0, 0.05) is 49.0 Å². The fourth-order valence-electron chi connectivity index (χ4n) is 3.16. The molecule has 0 saturated heterocycles. The Labute approximate surface area is 142 Å². The molecule has 2 heterocycles. The van der Waals surface area contributed by atoms with Crippen LogP contribution in [-0.2, 0) is 18.5 Å². The van der Waals surface area contributed by atoms with Crippen molar-refractivity contribution in [1.29, 1.82) is 0 Å². The summed E-state index contributed by atoms with van der Waals surface area (Å²) < 4.78 is 2.20. The molecule has 0 fully saturated rings. The van der Waals surface area contributed by atoms with Crippen LogP contribution >= 0.6 is 11.3 Å². The van der Waals surface area contributed by atoms with Crippen molar-refractivity contribution in [3.05, 3.63) is 28.5 Å². The summed E-state index contributed by atoms with van der Waals surface area (Å²) in [7, 11) is 4.06. The van der Waals surface area contributed by atoms with E-state index in [1.165, 1.54) is 29.0 Å². The maximum Gasteiger partial charge on any atom is 0.185 e. The van der Waals surface area contributed by atoms with E-state index in [0.717, 1.165) is 18.1 Å². The molecular weight excluding hydrogens is 306 g/mol. The first kappa shape index (κ1) is 16.5. The molecule has 0 unspecified atom stereocenters. The summed E-state index contributed by atoms with van der Waals surface area (Å²) in [6, 6.07) is 0.403. The van der Waals surface area contributed by atoms with Crippen LogP contribution in [0.15, 0.2) is 12.4 Å². The smallest absolute Gasteiger partial charge is 0.185 e. The quantitative estimate of drug-likeness (QED) is 0.932. The van der Waals surface area contributed by atoms with Gasteiger partial charge in [0.25, 0.3) is 0 Å². The zero-order chi connectivity index (χ0) is 16.6. The molecule has 23 heavy (non-hydrogen) atoms. The molecule has 1 aliphatic carbocycles. The summed E-state index contributed by atoms with van der Waals surface area (Å²) in [6.07, 6.45) is 7.58. The lowest BCUT2D eigenvalue weighted by Crippen LogP contribution is -2.29. The van der Waals surface area contributed by atoms with Gasteiger partial charge in [-0.2, -0.15) is 5.10 Å². The normalized spacial score (nSPS) is 18.0. The van der Waals surface area contributed by atoms with Crippen molar-refractivity contribution in [3.8, 4) is 0 Å². The van der Waals surface area contributed by atoms with Crippen LogP contribution < -0.4 is 10.2 Å². The fourth-order valence-corrected chi connectivity index (χ4v) is 3.94. The van der Waals surface area contributed by atoms with Crippen molar-refractivity contribution >= 4 is 16.5 Å². The Hall–Kier alpha value is -1.40. The SMILES string of the molecule is CN(C)c1ncc(CN[C@H]2CCCc3c2cnn3C(C)(C)C)s1. The van der Waals surface area contributed by atoms with Crippen molar-refractivity contribution < 1.29 is 0 Å². The van der Waals surface area contributed by atoms with Crippen molar-refractivity contribution in [2.75, 3.05) is 19.0 Å². The number of nitrogens with one attached hydrogen (secondary N) is 1. The van der Waals surface area contributed by atoms with E-state index in [1.807, 2.05) is 20.3 Å². The highest BCUT2D eigenvalue weighted by Crippen LogP contribution is 2.32. The van der Waals surface area contributed by atoms with E-state index < -0.39 is 0 Å². The van der Waals surface area contributed by atoms with Gasteiger partial charge in [-0.25, -0.2) is 4.98 Å². The Morgan fingerprint density at radius 3 is 2.78 bits per heavy atom. The summed E-state index contributed by atoms with van der Waals surface area (Å²) in [4.78, 5) is 7.79. The zero-order valence-corrected chi connectivity index (χ0v) is 15.6. The van der Waals surface area contributed by atoms with E-state index in [1.54, 1.807) is 11.3 Å². The average Bonchev–Trinajstić information content (AvgIpc) is 3.11. The minimum Gasteiger partial charge on any atom is -0.354 e. The standard InChI is InChI=1S/C17H27N5S/c1-17(2,3)22-15-8-6-7-14(13(15)11-20-22)18-9-12-10-19-16(23-12)21(4)5/h10-11,14,18H,6-9H2,1-5H3/t14-/m0/s1. The largest absolute Gasteiger partial charge is 0.354 e. The Kier molecular flexibility index (Phi) is 4.47. The first-order valence-corrected chi connectivity index (χ1v) is 9.10. The van der Waals surface area contributed by atoms with Gasteiger partial charge >= 0.3 is 0 Å². The predicted molar refractivity (Wildman–Crippen MR) is 96.2 cm³/mol. The van der Waals surface area contributed by atoms with Gasteiger partial charge in [-0.15, -0.1) is 11.3 Å². The van der Waals surface area contributed by atoms with Gasteiger partial charge < -0.3 is 10.2 Å². The zero-order valence-electron chi connectivity index (χ0n) is 14.8. The molecule has 6 heteroatoms. The number of hydrogen-bond acceptors (Lipinski definition) is 5. The molecule has 0 amide bonds. The molecule has 2 aromatic rings. The van der Waals surface area contributed by atoms with E-state index in [-0.39, 0.29) is 5.54 Å². The number of anilines is 1. The molecule has 0 aromatic carbocycles. The van der Waals surface area contributed by atoms with Crippen LogP contribution in [0, 0.1) is 0 Å². The molecule has 0 saturated carbocycles. The van der Waals surface area contributed by atoms with Gasteiger partial charge in [-0.1, -0.05) is 0 Å². The number of nitrogens with zero attached hydrogens (tertiary/aromatic N) is 4. The monoisotopic (exact) mass is 333 g/mol. The predicted octanol–water partition coefficient (Wildman–Crippen LogP) is 3.33. The first-order valence-electron chi connectivity index (χ1n) is 8.29. The number of aromatic nitrogens is 3. The summed E-state index contributed by atoms with van der Waals surface area (Å²) in [5.74, 6) is 0. The third-order valence-corrected chi connectivity index (χ3v) is 5.43. The lowest BCUT2D eigenvalue weighted by atomic mass is 9.92. The van der Waals surface area contributed by atoms with Crippen LogP contribution in [0.25, 0.3) is 0 Å². The van der Waals surface area contributed by atoms with Gasteiger partial charge in [0.2, 0.25) is 0 Å². The Morgan fingerprint density at radius 1 is 1.35 bits per heavy atom. The van der Waals surface area contributed by atoms with E-state index in [9.17, 15) is 0 Å². The molecule has 126 valence electrons. The van der Waals surface area contributed by atoms with Gasteiger partial charge in [0.1, 0.15) is 0 Å². The highest BCUT2D eigenvalue weighted by Gasteiger charge is 2.27. The Morgan fingerprint density at radius 2 is 2.13 bits per heavy atom. The van der Waals surface area contributed by atoms with E-state index in [2.05, 4.69) is 51.9 Å². The van der Waals surface area contributed by atoms with Crippen LogP contribution in [0.2, 0.25) is 0 Å². The van der Waals surface area contributed by atoms with Crippen LogP contribution in [0.4, 0.5) is 5.13 Å². The third-order valence-electron chi connectivity index (χ3n) is 4.27. The summed E-state index contributed by atoms with van der Waals surface area (Å²) in [5.41, 5.74) is 2.83. The molecule has 0 radical (unpaired) electrons.